The summed E-state index contributed by atoms with van der Waals surface area (Å²) >= 11 is 6.03. The average Bonchev–Trinajstić information content (AvgIpc) is 2.86. The second-order valence-corrected chi connectivity index (χ2v) is 6.67. The number of anilines is 1. The molecule has 1 aromatic heterocycles. The molecule has 1 amide bonds. The number of nitrogens with one attached hydrogen (secondary N) is 1. The number of amides is 1. The third-order valence-electron chi connectivity index (χ3n) is 4.07. The standard InChI is InChI=1S/C20H20ClN3O/c1-13-7-8-18(14(2)9-13)20(25)22-19-10-15(3)24(23-19)12-16-5-4-6-17(21)11-16/h4-11H,12H2,1-3H3,(H,22,23,25). The number of halogens is 1. The van der Waals surface area contributed by atoms with E-state index in [1.165, 1.54) is 0 Å². The van der Waals surface area contributed by atoms with Gasteiger partial charge in [-0.05, 0) is 50.1 Å². The highest BCUT2D eigenvalue weighted by molar-refractivity contribution is 6.30. The van der Waals surface area contributed by atoms with Crippen LogP contribution in [0, 0.1) is 20.8 Å². The molecule has 1 N–H and O–H groups in total. The van der Waals surface area contributed by atoms with Crippen LogP contribution in [0.2, 0.25) is 5.02 Å². The number of hydrogen-bond donors (Lipinski definition) is 1. The number of benzene rings is 2. The molecule has 0 bridgehead atoms. The van der Waals surface area contributed by atoms with Crippen molar-refractivity contribution in [3.63, 3.8) is 0 Å². The third kappa shape index (κ3) is 4.09. The van der Waals surface area contributed by atoms with E-state index in [-0.39, 0.29) is 5.91 Å². The van der Waals surface area contributed by atoms with E-state index in [4.69, 9.17) is 11.6 Å². The van der Waals surface area contributed by atoms with E-state index < -0.39 is 0 Å². The molecule has 0 saturated heterocycles. The Morgan fingerprint density at radius 3 is 2.64 bits per heavy atom. The van der Waals surface area contributed by atoms with E-state index in [1.54, 1.807) is 0 Å². The van der Waals surface area contributed by atoms with Crippen molar-refractivity contribution in [3.8, 4) is 0 Å². The molecule has 0 aliphatic carbocycles. The van der Waals surface area contributed by atoms with Gasteiger partial charge in [0.05, 0.1) is 6.54 Å². The van der Waals surface area contributed by atoms with Crippen LogP contribution in [0.4, 0.5) is 5.82 Å². The summed E-state index contributed by atoms with van der Waals surface area (Å²) in [6.07, 6.45) is 0. The number of carbonyl (C=O) groups excluding carboxylic acids is 1. The minimum absolute atomic E-state index is 0.148. The number of hydrogen-bond acceptors (Lipinski definition) is 2. The quantitative estimate of drug-likeness (QED) is 0.734. The van der Waals surface area contributed by atoms with Crippen molar-refractivity contribution in [1.82, 2.24) is 9.78 Å². The van der Waals surface area contributed by atoms with Gasteiger partial charge < -0.3 is 5.32 Å². The van der Waals surface area contributed by atoms with Gasteiger partial charge in [0.25, 0.3) is 5.91 Å². The van der Waals surface area contributed by atoms with Crippen molar-refractivity contribution in [2.24, 2.45) is 0 Å². The molecule has 0 unspecified atom stereocenters. The molecule has 5 heteroatoms. The van der Waals surface area contributed by atoms with Gasteiger partial charge in [0, 0.05) is 22.3 Å². The summed E-state index contributed by atoms with van der Waals surface area (Å²) in [6, 6.07) is 15.3. The van der Waals surface area contributed by atoms with Crippen LogP contribution < -0.4 is 5.32 Å². The van der Waals surface area contributed by atoms with E-state index >= 15 is 0 Å². The first-order valence-electron chi connectivity index (χ1n) is 8.10. The Morgan fingerprint density at radius 2 is 1.92 bits per heavy atom. The van der Waals surface area contributed by atoms with Crippen LogP contribution in [0.15, 0.2) is 48.5 Å². The third-order valence-corrected chi connectivity index (χ3v) is 4.31. The highest BCUT2D eigenvalue weighted by Crippen LogP contribution is 2.17. The lowest BCUT2D eigenvalue weighted by atomic mass is 10.1. The van der Waals surface area contributed by atoms with Crippen molar-refractivity contribution < 1.29 is 4.79 Å². The smallest absolute Gasteiger partial charge is 0.257 e. The zero-order valence-corrected chi connectivity index (χ0v) is 15.3. The van der Waals surface area contributed by atoms with Gasteiger partial charge in [-0.15, -0.1) is 0 Å². The van der Waals surface area contributed by atoms with Gasteiger partial charge >= 0.3 is 0 Å². The summed E-state index contributed by atoms with van der Waals surface area (Å²) < 4.78 is 1.85. The van der Waals surface area contributed by atoms with Gasteiger partial charge in [-0.3, -0.25) is 9.48 Å². The lowest BCUT2D eigenvalue weighted by Crippen LogP contribution is -2.14. The SMILES string of the molecule is Cc1ccc(C(=O)Nc2cc(C)n(Cc3cccc(Cl)c3)n2)c(C)c1. The van der Waals surface area contributed by atoms with Gasteiger partial charge in [-0.25, -0.2) is 0 Å². The van der Waals surface area contributed by atoms with Crippen molar-refractivity contribution in [2.45, 2.75) is 27.3 Å². The zero-order chi connectivity index (χ0) is 18.0. The predicted octanol–water partition coefficient (Wildman–Crippen LogP) is 4.76. The van der Waals surface area contributed by atoms with E-state index in [9.17, 15) is 4.79 Å². The van der Waals surface area contributed by atoms with Crippen LogP contribution in [0.1, 0.15) is 32.7 Å². The fourth-order valence-electron chi connectivity index (χ4n) is 2.79. The summed E-state index contributed by atoms with van der Waals surface area (Å²) in [5.74, 6) is 0.398. The van der Waals surface area contributed by atoms with Crippen molar-refractivity contribution in [1.29, 1.82) is 0 Å². The molecule has 3 aromatic rings. The van der Waals surface area contributed by atoms with Gasteiger partial charge in [0.2, 0.25) is 0 Å². The molecule has 0 radical (unpaired) electrons. The molecule has 1 heterocycles. The molecule has 25 heavy (non-hydrogen) atoms. The maximum absolute atomic E-state index is 12.5. The normalized spacial score (nSPS) is 10.7. The molecule has 0 fully saturated rings. The monoisotopic (exact) mass is 353 g/mol. The van der Waals surface area contributed by atoms with Gasteiger partial charge in [0.1, 0.15) is 0 Å². The molecule has 0 atom stereocenters. The van der Waals surface area contributed by atoms with Crippen molar-refractivity contribution >= 4 is 23.3 Å². The summed E-state index contributed by atoms with van der Waals surface area (Å²) in [5.41, 5.74) is 4.78. The fraction of sp³-hybridized carbons (Fsp3) is 0.200. The largest absolute Gasteiger partial charge is 0.305 e. The second-order valence-electron chi connectivity index (χ2n) is 6.23. The molecular formula is C20H20ClN3O. The van der Waals surface area contributed by atoms with Crippen molar-refractivity contribution in [2.75, 3.05) is 5.32 Å². The minimum Gasteiger partial charge on any atom is -0.305 e. The molecule has 0 aliphatic rings. The van der Waals surface area contributed by atoms with Gasteiger partial charge in [-0.1, -0.05) is 41.4 Å². The second kappa shape index (κ2) is 7.11. The van der Waals surface area contributed by atoms with Gasteiger partial charge in [-0.2, -0.15) is 5.10 Å². The van der Waals surface area contributed by atoms with E-state index in [0.29, 0.717) is 22.9 Å². The molecule has 0 aliphatic heterocycles. The van der Waals surface area contributed by atoms with Crippen LogP contribution in [-0.2, 0) is 6.54 Å². The van der Waals surface area contributed by atoms with Crippen LogP contribution >= 0.6 is 11.6 Å². The highest BCUT2D eigenvalue weighted by atomic mass is 35.5. The average molecular weight is 354 g/mol. The highest BCUT2D eigenvalue weighted by Gasteiger charge is 2.12. The first-order chi connectivity index (χ1) is 11.9. The fourth-order valence-corrected chi connectivity index (χ4v) is 3.00. The Kier molecular flexibility index (Phi) is 4.91. The molecule has 0 spiro atoms. The summed E-state index contributed by atoms with van der Waals surface area (Å²) in [4.78, 5) is 12.5. The van der Waals surface area contributed by atoms with E-state index in [2.05, 4.69) is 10.4 Å². The van der Waals surface area contributed by atoms with E-state index in [0.717, 1.165) is 22.4 Å². The number of rotatable bonds is 4. The summed E-state index contributed by atoms with van der Waals surface area (Å²) in [5, 5.41) is 8.07. The molecule has 2 aromatic carbocycles. The Labute approximate surface area is 152 Å². The first-order valence-corrected chi connectivity index (χ1v) is 8.47. The maximum atomic E-state index is 12.5. The predicted molar refractivity (Wildman–Crippen MR) is 101 cm³/mol. The number of aryl methyl sites for hydroxylation is 3. The summed E-state index contributed by atoms with van der Waals surface area (Å²) in [7, 11) is 0. The van der Waals surface area contributed by atoms with Gasteiger partial charge in [0.15, 0.2) is 5.82 Å². The topological polar surface area (TPSA) is 46.9 Å². The number of carbonyl (C=O) groups is 1. The van der Waals surface area contributed by atoms with Crippen LogP contribution in [0.5, 0.6) is 0 Å². The lowest BCUT2D eigenvalue weighted by molar-refractivity contribution is 0.102. The Balaban J connectivity index is 1.77. The van der Waals surface area contributed by atoms with E-state index in [1.807, 2.05) is 74.0 Å². The molecule has 128 valence electrons. The molecule has 3 rings (SSSR count). The molecule has 0 saturated carbocycles. The molecular weight excluding hydrogens is 334 g/mol. The number of aromatic nitrogens is 2. The lowest BCUT2D eigenvalue weighted by Gasteiger charge is -2.07. The molecule has 4 nitrogen and oxygen atoms in total. The van der Waals surface area contributed by atoms with Crippen LogP contribution in [0.25, 0.3) is 0 Å². The zero-order valence-electron chi connectivity index (χ0n) is 14.5. The van der Waals surface area contributed by atoms with Crippen LogP contribution in [-0.4, -0.2) is 15.7 Å². The Morgan fingerprint density at radius 1 is 1.12 bits per heavy atom. The minimum atomic E-state index is -0.148. The first kappa shape index (κ1) is 17.2. The Hall–Kier alpha value is -2.59. The summed E-state index contributed by atoms with van der Waals surface area (Å²) in [6.45, 7) is 6.51. The number of nitrogens with zero attached hydrogens (tertiary/aromatic N) is 2. The maximum Gasteiger partial charge on any atom is 0.257 e. The van der Waals surface area contributed by atoms with Crippen molar-refractivity contribution in [3.05, 3.63) is 81.5 Å². The van der Waals surface area contributed by atoms with Crippen LogP contribution in [0.3, 0.4) is 0 Å². The Bertz CT molecular complexity index is 930.